The molecule has 1 atom stereocenters. The van der Waals surface area contributed by atoms with Gasteiger partial charge in [-0.15, -0.1) is 0 Å². The van der Waals surface area contributed by atoms with Gasteiger partial charge in [0.2, 0.25) is 0 Å². The third-order valence-corrected chi connectivity index (χ3v) is 2.86. The molecule has 0 aliphatic heterocycles. The number of rotatable bonds is 7. The highest BCUT2D eigenvalue weighted by Gasteiger charge is 2.19. The van der Waals surface area contributed by atoms with Crippen molar-refractivity contribution in [2.24, 2.45) is 5.73 Å². The number of hydrogen-bond donors (Lipinski definition) is 2. The quantitative estimate of drug-likeness (QED) is 0.760. The minimum atomic E-state index is -2.99. The molecule has 4 nitrogen and oxygen atoms in total. The largest absolute Gasteiger partial charge is 0.434 e. The second-order valence-electron chi connectivity index (χ2n) is 4.09. The molecule has 3 N–H and O–H groups in total. The molecule has 1 aromatic rings. The van der Waals surface area contributed by atoms with Crippen LogP contribution in [-0.2, 0) is 0 Å². The Kier molecular flexibility index (Phi) is 6.30. The number of thiocarbonyl (C=S) groups is 1. The van der Waals surface area contributed by atoms with Crippen LogP contribution in [0.2, 0.25) is 0 Å². The first-order chi connectivity index (χ1) is 9.45. The van der Waals surface area contributed by atoms with E-state index in [1.54, 1.807) is 6.07 Å². The number of para-hydroxylation sites is 1. The van der Waals surface area contributed by atoms with E-state index in [0.717, 1.165) is 6.42 Å². The van der Waals surface area contributed by atoms with E-state index < -0.39 is 18.6 Å². The Labute approximate surface area is 121 Å². The zero-order chi connectivity index (χ0) is 15.1. The topological polar surface area (TPSA) is 64.3 Å². The van der Waals surface area contributed by atoms with Gasteiger partial charge in [0.05, 0.1) is 16.6 Å². The van der Waals surface area contributed by atoms with Gasteiger partial charge in [-0.25, -0.2) is 0 Å². The number of benzene rings is 1. The third-order valence-electron chi connectivity index (χ3n) is 2.57. The molecule has 20 heavy (non-hydrogen) atoms. The number of ether oxygens (including phenoxy) is 1. The van der Waals surface area contributed by atoms with Gasteiger partial charge in [0.1, 0.15) is 5.75 Å². The Hall–Kier alpha value is -1.76. The molecule has 1 rings (SSSR count). The molecule has 0 aromatic heterocycles. The monoisotopic (exact) mass is 302 g/mol. The number of amides is 1. The fraction of sp³-hybridized carbons (Fsp3) is 0.385. The standard InChI is InChI=1S/C13H16F2N2O2S/c1-2-5-9(11(16)20)17-12(18)8-6-3-4-7-10(8)19-13(14)15/h3-4,6-7,9,13H,2,5H2,1H3,(H2,16,20)(H,17,18). The van der Waals surface area contributed by atoms with Crippen molar-refractivity contribution in [1.82, 2.24) is 5.32 Å². The van der Waals surface area contributed by atoms with Gasteiger partial charge in [0.25, 0.3) is 5.91 Å². The summed E-state index contributed by atoms with van der Waals surface area (Å²) in [5.41, 5.74) is 5.55. The highest BCUT2D eigenvalue weighted by atomic mass is 32.1. The molecule has 0 aliphatic rings. The first-order valence-electron chi connectivity index (χ1n) is 6.09. The van der Waals surface area contributed by atoms with Crippen molar-refractivity contribution in [3.05, 3.63) is 29.8 Å². The summed E-state index contributed by atoms with van der Waals surface area (Å²) in [6.07, 6.45) is 1.36. The summed E-state index contributed by atoms with van der Waals surface area (Å²) in [6, 6.07) is 5.29. The Bertz CT molecular complexity index is 483. The molecule has 0 fully saturated rings. The lowest BCUT2D eigenvalue weighted by molar-refractivity contribution is -0.0501. The van der Waals surface area contributed by atoms with Crippen LogP contribution in [0.5, 0.6) is 5.75 Å². The summed E-state index contributed by atoms with van der Waals surface area (Å²) in [5, 5.41) is 2.62. The zero-order valence-corrected chi connectivity index (χ0v) is 11.8. The predicted octanol–water partition coefficient (Wildman–Crippen LogP) is 2.47. The molecule has 0 aliphatic carbocycles. The van der Waals surface area contributed by atoms with Gasteiger partial charge in [-0.05, 0) is 18.6 Å². The molecule has 1 aromatic carbocycles. The summed E-state index contributed by atoms with van der Waals surface area (Å²) in [7, 11) is 0. The summed E-state index contributed by atoms with van der Waals surface area (Å²) in [5.74, 6) is -0.731. The maximum atomic E-state index is 12.3. The van der Waals surface area contributed by atoms with Gasteiger partial charge < -0.3 is 15.8 Å². The van der Waals surface area contributed by atoms with Gasteiger partial charge in [-0.1, -0.05) is 37.7 Å². The summed E-state index contributed by atoms with van der Waals surface area (Å²) < 4.78 is 28.9. The molecule has 7 heteroatoms. The molecule has 0 saturated heterocycles. The summed E-state index contributed by atoms with van der Waals surface area (Å²) in [6.45, 7) is -1.07. The van der Waals surface area contributed by atoms with Crippen LogP contribution in [0.4, 0.5) is 8.78 Å². The number of hydrogen-bond acceptors (Lipinski definition) is 3. The molecule has 0 saturated carbocycles. The Morgan fingerprint density at radius 1 is 1.45 bits per heavy atom. The Balaban J connectivity index is 2.88. The van der Waals surface area contributed by atoms with E-state index >= 15 is 0 Å². The van der Waals surface area contributed by atoms with E-state index in [4.69, 9.17) is 18.0 Å². The SMILES string of the molecule is CCCC(NC(=O)c1ccccc1OC(F)F)C(N)=S. The number of nitrogens with two attached hydrogens (primary N) is 1. The van der Waals surface area contributed by atoms with Gasteiger partial charge in [-0.2, -0.15) is 8.78 Å². The van der Waals surface area contributed by atoms with Gasteiger partial charge in [0.15, 0.2) is 0 Å². The summed E-state index contributed by atoms with van der Waals surface area (Å²) in [4.78, 5) is 12.2. The fourth-order valence-electron chi connectivity index (χ4n) is 1.66. The van der Waals surface area contributed by atoms with Crippen molar-refractivity contribution in [1.29, 1.82) is 0 Å². The number of carbonyl (C=O) groups is 1. The predicted molar refractivity (Wildman–Crippen MR) is 76.0 cm³/mol. The van der Waals surface area contributed by atoms with Crippen molar-refractivity contribution in [2.45, 2.75) is 32.4 Å². The number of halogens is 2. The normalized spacial score (nSPS) is 12.0. The van der Waals surface area contributed by atoms with Crippen LogP contribution in [0.3, 0.4) is 0 Å². The van der Waals surface area contributed by atoms with E-state index in [1.807, 2.05) is 6.92 Å². The Morgan fingerprint density at radius 3 is 2.65 bits per heavy atom. The van der Waals surface area contributed by atoms with Crippen LogP contribution in [0, 0.1) is 0 Å². The first-order valence-corrected chi connectivity index (χ1v) is 6.50. The van der Waals surface area contributed by atoms with E-state index in [0.29, 0.717) is 6.42 Å². The van der Waals surface area contributed by atoms with Crippen molar-refractivity contribution < 1.29 is 18.3 Å². The van der Waals surface area contributed by atoms with Crippen molar-refractivity contribution in [3.63, 3.8) is 0 Å². The highest BCUT2D eigenvalue weighted by molar-refractivity contribution is 7.80. The van der Waals surface area contributed by atoms with E-state index in [-0.39, 0.29) is 16.3 Å². The number of alkyl halides is 2. The highest BCUT2D eigenvalue weighted by Crippen LogP contribution is 2.20. The third kappa shape index (κ3) is 4.73. The fourth-order valence-corrected chi connectivity index (χ4v) is 1.84. The average Bonchev–Trinajstić information content (AvgIpc) is 2.37. The van der Waals surface area contributed by atoms with Crippen LogP contribution in [0.15, 0.2) is 24.3 Å². The molecular formula is C13H16F2N2O2S. The molecule has 1 unspecified atom stereocenters. The van der Waals surface area contributed by atoms with Crippen LogP contribution < -0.4 is 15.8 Å². The summed E-state index contributed by atoms with van der Waals surface area (Å²) >= 11 is 4.87. The van der Waals surface area contributed by atoms with Crippen LogP contribution in [0.25, 0.3) is 0 Å². The second kappa shape index (κ2) is 7.74. The van der Waals surface area contributed by atoms with Crippen molar-refractivity contribution in [3.8, 4) is 5.75 Å². The van der Waals surface area contributed by atoms with Crippen molar-refractivity contribution in [2.75, 3.05) is 0 Å². The first kappa shape index (κ1) is 16.3. The van der Waals surface area contributed by atoms with Gasteiger partial charge in [0, 0.05) is 0 Å². The number of carbonyl (C=O) groups excluding carboxylic acids is 1. The van der Waals surface area contributed by atoms with Crippen LogP contribution >= 0.6 is 12.2 Å². The molecule has 110 valence electrons. The van der Waals surface area contributed by atoms with Crippen LogP contribution in [0.1, 0.15) is 30.1 Å². The van der Waals surface area contributed by atoms with Gasteiger partial charge in [-0.3, -0.25) is 4.79 Å². The zero-order valence-electron chi connectivity index (χ0n) is 10.9. The lowest BCUT2D eigenvalue weighted by Gasteiger charge is -2.17. The minimum Gasteiger partial charge on any atom is -0.434 e. The maximum Gasteiger partial charge on any atom is 0.387 e. The van der Waals surface area contributed by atoms with Gasteiger partial charge >= 0.3 is 6.61 Å². The van der Waals surface area contributed by atoms with Crippen LogP contribution in [-0.4, -0.2) is 23.5 Å². The number of nitrogens with one attached hydrogen (secondary N) is 1. The smallest absolute Gasteiger partial charge is 0.387 e. The maximum absolute atomic E-state index is 12.3. The molecule has 0 bridgehead atoms. The molecule has 0 spiro atoms. The minimum absolute atomic E-state index is 0.0187. The average molecular weight is 302 g/mol. The Morgan fingerprint density at radius 2 is 2.10 bits per heavy atom. The lowest BCUT2D eigenvalue weighted by Crippen LogP contribution is -2.43. The molecule has 0 radical (unpaired) electrons. The lowest BCUT2D eigenvalue weighted by atomic mass is 10.1. The van der Waals surface area contributed by atoms with E-state index in [2.05, 4.69) is 10.1 Å². The molecular weight excluding hydrogens is 286 g/mol. The van der Waals surface area contributed by atoms with E-state index in [1.165, 1.54) is 18.2 Å². The second-order valence-corrected chi connectivity index (χ2v) is 4.56. The van der Waals surface area contributed by atoms with Crippen molar-refractivity contribution >= 4 is 23.1 Å². The van der Waals surface area contributed by atoms with E-state index in [9.17, 15) is 13.6 Å². The molecule has 1 amide bonds. The molecule has 0 heterocycles.